The highest BCUT2D eigenvalue weighted by molar-refractivity contribution is 7.88. The zero-order chi connectivity index (χ0) is 22.7. The number of hydrogen-bond acceptors (Lipinski definition) is 8. The van der Waals surface area contributed by atoms with Crippen LogP contribution in [0.4, 0.5) is 5.82 Å². The molecule has 1 saturated heterocycles. The van der Waals surface area contributed by atoms with Gasteiger partial charge in [-0.1, -0.05) is 24.3 Å². The van der Waals surface area contributed by atoms with Gasteiger partial charge in [0.1, 0.15) is 17.8 Å². The Bertz CT molecular complexity index is 1070. The normalized spacial score (nSPS) is 18.4. The van der Waals surface area contributed by atoms with Crippen LogP contribution in [0.1, 0.15) is 21.6 Å². The van der Waals surface area contributed by atoms with E-state index in [-0.39, 0.29) is 18.3 Å². The Morgan fingerprint density at radius 1 is 1.25 bits per heavy atom. The molecule has 1 aromatic carbocycles. The number of aromatic nitrogens is 2. The average molecular weight is 461 g/mol. The first-order valence-corrected chi connectivity index (χ1v) is 12.4. The Morgan fingerprint density at radius 2 is 2.00 bits per heavy atom. The molecule has 11 heteroatoms. The largest absolute Gasteiger partial charge is 0.390 e. The number of fused-ring (bicyclic) bond motifs is 1. The van der Waals surface area contributed by atoms with E-state index in [1.54, 1.807) is 0 Å². The molecular weight excluding hydrogens is 432 g/mol. The first kappa shape index (κ1) is 22.6. The highest BCUT2D eigenvalue weighted by Crippen LogP contribution is 2.19. The van der Waals surface area contributed by atoms with Crippen LogP contribution in [0.5, 0.6) is 0 Å². The lowest BCUT2D eigenvalue weighted by Crippen LogP contribution is -2.56. The molecule has 2 aromatic rings. The van der Waals surface area contributed by atoms with Gasteiger partial charge in [0.2, 0.25) is 10.0 Å². The second-order valence-electron chi connectivity index (χ2n) is 8.33. The summed E-state index contributed by atoms with van der Waals surface area (Å²) >= 11 is 0. The van der Waals surface area contributed by atoms with Crippen LogP contribution < -0.4 is 10.6 Å². The SMILES string of the molecule is CS(=O)(=O)N1CC(Nc2cc(C(=O)NC[C@H](O)CN3CCc4ccccc4C3)ncn2)C1. The molecule has 1 fully saturated rings. The molecule has 1 amide bonds. The molecule has 10 nitrogen and oxygen atoms in total. The molecule has 0 bridgehead atoms. The summed E-state index contributed by atoms with van der Waals surface area (Å²) in [5, 5.41) is 16.2. The zero-order valence-electron chi connectivity index (χ0n) is 17.9. The van der Waals surface area contributed by atoms with E-state index >= 15 is 0 Å². The lowest BCUT2D eigenvalue weighted by Gasteiger charge is -2.37. The van der Waals surface area contributed by atoms with Gasteiger partial charge in [0.25, 0.3) is 5.91 Å². The van der Waals surface area contributed by atoms with Crippen LogP contribution in [0, 0.1) is 0 Å². The van der Waals surface area contributed by atoms with Crippen LogP contribution >= 0.6 is 0 Å². The van der Waals surface area contributed by atoms with Gasteiger partial charge in [-0.25, -0.2) is 18.4 Å². The fraction of sp³-hybridized carbons (Fsp3) is 0.476. The number of hydrogen-bond donors (Lipinski definition) is 3. The molecule has 0 aliphatic carbocycles. The van der Waals surface area contributed by atoms with E-state index in [9.17, 15) is 18.3 Å². The smallest absolute Gasteiger partial charge is 0.270 e. The van der Waals surface area contributed by atoms with Crippen molar-refractivity contribution in [2.75, 3.05) is 44.3 Å². The van der Waals surface area contributed by atoms with Gasteiger partial charge in [-0.05, 0) is 17.5 Å². The molecule has 2 aliphatic heterocycles. The van der Waals surface area contributed by atoms with Gasteiger partial charge in [0, 0.05) is 45.3 Å². The predicted octanol–water partition coefficient (Wildman–Crippen LogP) is -0.319. The minimum atomic E-state index is -3.18. The summed E-state index contributed by atoms with van der Waals surface area (Å²) in [6.45, 7) is 2.98. The number of β-amino-alcohol motifs (C(OH)–C–C–N with tert-alkyl or cyclic N) is 1. The summed E-state index contributed by atoms with van der Waals surface area (Å²) in [6.07, 6.45) is 2.72. The summed E-state index contributed by atoms with van der Waals surface area (Å²) in [7, 11) is -3.18. The maximum Gasteiger partial charge on any atom is 0.270 e. The second kappa shape index (κ2) is 9.49. The lowest BCUT2D eigenvalue weighted by molar-refractivity contribution is 0.0838. The van der Waals surface area contributed by atoms with Crippen molar-refractivity contribution in [3.05, 3.63) is 53.5 Å². The van der Waals surface area contributed by atoms with Crippen molar-refractivity contribution in [3.63, 3.8) is 0 Å². The van der Waals surface area contributed by atoms with Crippen molar-refractivity contribution < 1.29 is 18.3 Å². The van der Waals surface area contributed by atoms with E-state index < -0.39 is 22.0 Å². The Labute approximate surface area is 187 Å². The number of carbonyl (C=O) groups is 1. The monoisotopic (exact) mass is 460 g/mol. The van der Waals surface area contributed by atoms with Crippen LogP contribution in [0.3, 0.4) is 0 Å². The van der Waals surface area contributed by atoms with Crippen molar-refractivity contribution in [1.82, 2.24) is 24.5 Å². The van der Waals surface area contributed by atoms with Gasteiger partial charge in [-0.15, -0.1) is 0 Å². The molecule has 4 rings (SSSR count). The number of aliphatic hydroxyl groups excluding tert-OH is 1. The summed E-state index contributed by atoms with van der Waals surface area (Å²) < 4.78 is 24.3. The van der Waals surface area contributed by atoms with Crippen LogP contribution in [0.15, 0.2) is 36.7 Å². The minimum Gasteiger partial charge on any atom is -0.390 e. The topological polar surface area (TPSA) is 128 Å². The molecular formula is C21H28N6O4S. The molecule has 0 unspecified atom stereocenters. The third-order valence-corrected chi connectivity index (χ3v) is 6.98. The minimum absolute atomic E-state index is 0.0629. The Morgan fingerprint density at radius 3 is 2.75 bits per heavy atom. The highest BCUT2D eigenvalue weighted by Gasteiger charge is 2.33. The predicted molar refractivity (Wildman–Crippen MR) is 120 cm³/mol. The van der Waals surface area contributed by atoms with Crippen LogP contribution in [0.25, 0.3) is 0 Å². The van der Waals surface area contributed by atoms with E-state index in [0.717, 1.165) is 19.5 Å². The summed E-state index contributed by atoms with van der Waals surface area (Å²) in [5.74, 6) is 0.0562. The fourth-order valence-electron chi connectivity index (χ4n) is 3.94. The van der Waals surface area contributed by atoms with E-state index in [2.05, 4.69) is 37.6 Å². The number of nitrogens with zero attached hydrogens (tertiary/aromatic N) is 4. The number of rotatable bonds is 8. The number of benzene rings is 1. The summed E-state index contributed by atoms with van der Waals surface area (Å²) in [5.41, 5.74) is 2.81. The molecule has 2 aliphatic rings. The Balaban J connectivity index is 1.23. The average Bonchev–Trinajstić information content (AvgIpc) is 2.73. The first-order valence-electron chi connectivity index (χ1n) is 10.6. The van der Waals surface area contributed by atoms with Gasteiger partial charge in [-0.3, -0.25) is 9.69 Å². The molecule has 0 radical (unpaired) electrons. The number of carbonyl (C=O) groups excluding carboxylic acids is 1. The number of aliphatic hydroxyl groups is 1. The molecule has 1 atom stereocenters. The van der Waals surface area contributed by atoms with Gasteiger partial charge in [0.15, 0.2) is 0 Å². The fourth-order valence-corrected chi connectivity index (χ4v) is 4.84. The number of sulfonamides is 1. The quantitative estimate of drug-likeness (QED) is 0.489. The van der Waals surface area contributed by atoms with Crippen LogP contribution in [0.2, 0.25) is 0 Å². The lowest BCUT2D eigenvalue weighted by atomic mass is 10.00. The van der Waals surface area contributed by atoms with Crippen molar-refractivity contribution in [1.29, 1.82) is 0 Å². The van der Waals surface area contributed by atoms with Crippen LogP contribution in [-0.2, 0) is 23.0 Å². The highest BCUT2D eigenvalue weighted by atomic mass is 32.2. The zero-order valence-corrected chi connectivity index (χ0v) is 18.8. The van der Waals surface area contributed by atoms with E-state index in [1.807, 2.05) is 12.1 Å². The molecule has 1 aromatic heterocycles. The first-order chi connectivity index (χ1) is 15.3. The third kappa shape index (κ3) is 5.60. The maximum atomic E-state index is 12.5. The molecule has 0 saturated carbocycles. The standard InChI is InChI=1S/C21H28N6O4S/c1-32(30,31)27-11-17(12-27)25-20-8-19(23-14-24-20)21(29)22-9-18(28)13-26-7-6-15-4-2-3-5-16(15)10-26/h2-5,8,14,17-18,28H,6-7,9-13H2,1H3,(H,22,29)(H,23,24,25)/t18-/m0/s1. The van der Waals surface area contributed by atoms with Crippen molar-refractivity contribution in [3.8, 4) is 0 Å². The van der Waals surface area contributed by atoms with Gasteiger partial charge in [0.05, 0.1) is 18.4 Å². The molecule has 3 N–H and O–H groups in total. The van der Waals surface area contributed by atoms with E-state index in [4.69, 9.17) is 0 Å². The van der Waals surface area contributed by atoms with Gasteiger partial charge in [-0.2, -0.15) is 4.31 Å². The summed E-state index contributed by atoms with van der Waals surface area (Å²) in [6, 6.07) is 9.78. The van der Waals surface area contributed by atoms with E-state index in [1.165, 1.54) is 34.1 Å². The second-order valence-corrected chi connectivity index (χ2v) is 10.3. The maximum absolute atomic E-state index is 12.5. The van der Waals surface area contributed by atoms with Crippen molar-refractivity contribution >= 4 is 21.7 Å². The number of amides is 1. The van der Waals surface area contributed by atoms with Gasteiger partial charge >= 0.3 is 0 Å². The molecule has 0 spiro atoms. The molecule has 172 valence electrons. The Kier molecular flexibility index (Phi) is 6.70. The van der Waals surface area contributed by atoms with Gasteiger partial charge < -0.3 is 15.7 Å². The summed E-state index contributed by atoms with van der Waals surface area (Å²) in [4.78, 5) is 22.8. The number of nitrogens with one attached hydrogen (secondary N) is 2. The molecule has 3 heterocycles. The van der Waals surface area contributed by atoms with E-state index in [0.29, 0.717) is 25.5 Å². The van der Waals surface area contributed by atoms with Crippen molar-refractivity contribution in [2.45, 2.75) is 25.1 Å². The van der Waals surface area contributed by atoms with Crippen LogP contribution in [-0.4, -0.2) is 89.7 Å². The third-order valence-electron chi connectivity index (χ3n) is 5.75. The van der Waals surface area contributed by atoms with Crippen molar-refractivity contribution in [2.24, 2.45) is 0 Å². The molecule has 32 heavy (non-hydrogen) atoms. The number of anilines is 1. The Hall–Kier alpha value is -2.60.